The predicted octanol–water partition coefficient (Wildman–Crippen LogP) is 3.53. The number of hydrogen-bond donors (Lipinski definition) is 2. The highest BCUT2D eigenvalue weighted by atomic mass is 19.1. The van der Waals surface area contributed by atoms with Gasteiger partial charge < -0.3 is 10.6 Å². The Morgan fingerprint density at radius 1 is 1.18 bits per heavy atom. The molecule has 2 rings (SSSR count). The molecule has 0 spiro atoms. The molecule has 0 bridgehead atoms. The second-order valence-corrected chi connectivity index (χ2v) is 4.26. The van der Waals surface area contributed by atoms with E-state index in [1.165, 1.54) is 42.6 Å². The van der Waals surface area contributed by atoms with Crippen LogP contribution in [0.4, 0.5) is 20.6 Å². The van der Waals surface area contributed by atoms with E-state index in [0.29, 0.717) is 5.56 Å². The first-order valence-corrected chi connectivity index (χ1v) is 6.29. The Morgan fingerprint density at radius 3 is 2.68 bits per heavy atom. The van der Waals surface area contributed by atoms with Gasteiger partial charge in [0.1, 0.15) is 11.5 Å². The molecule has 0 atom stereocenters. The van der Waals surface area contributed by atoms with E-state index in [-0.39, 0.29) is 17.2 Å². The van der Waals surface area contributed by atoms with Crippen molar-refractivity contribution in [2.24, 2.45) is 0 Å². The van der Waals surface area contributed by atoms with Crippen LogP contribution in [0.15, 0.2) is 54.7 Å². The number of carbonyl (C=O) groups is 1. The van der Waals surface area contributed by atoms with Crippen molar-refractivity contribution in [1.29, 1.82) is 0 Å². The second kappa shape index (κ2) is 6.98. The quantitative estimate of drug-likeness (QED) is 0.669. The number of para-hydroxylation sites is 2. The molecule has 0 radical (unpaired) electrons. The van der Waals surface area contributed by atoms with Gasteiger partial charge in [-0.05, 0) is 29.8 Å². The van der Waals surface area contributed by atoms with E-state index < -0.39 is 11.0 Å². The molecule has 0 unspecified atom stereocenters. The molecule has 0 aliphatic heterocycles. The van der Waals surface area contributed by atoms with Crippen molar-refractivity contribution in [3.63, 3.8) is 0 Å². The molecule has 7 heteroatoms. The summed E-state index contributed by atoms with van der Waals surface area (Å²) in [5, 5.41) is 15.6. The molecule has 0 heterocycles. The number of urea groups is 1. The Kier molecular flexibility index (Phi) is 4.81. The highest BCUT2D eigenvalue weighted by Gasteiger charge is 2.13. The zero-order chi connectivity index (χ0) is 15.9. The first-order chi connectivity index (χ1) is 10.6. The zero-order valence-corrected chi connectivity index (χ0v) is 11.3. The Balaban J connectivity index is 1.98. The van der Waals surface area contributed by atoms with Crippen molar-refractivity contribution < 1.29 is 14.1 Å². The first-order valence-electron chi connectivity index (χ1n) is 6.29. The van der Waals surface area contributed by atoms with Crippen LogP contribution in [-0.4, -0.2) is 11.0 Å². The van der Waals surface area contributed by atoms with E-state index >= 15 is 0 Å². The van der Waals surface area contributed by atoms with Gasteiger partial charge >= 0.3 is 6.03 Å². The molecule has 0 fully saturated rings. The van der Waals surface area contributed by atoms with Gasteiger partial charge in [0, 0.05) is 12.3 Å². The average Bonchev–Trinajstić information content (AvgIpc) is 2.47. The van der Waals surface area contributed by atoms with E-state index in [9.17, 15) is 19.3 Å². The normalized spacial score (nSPS) is 10.4. The van der Waals surface area contributed by atoms with Gasteiger partial charge in [-0.1, -0.05) is 24.3 Å². The molecular weight excluding hydrogens is 289 g/mol. The number of nitrogens with one attached hydrogen (secondary N) is 2. The van der Waals surface area contributed by atoms with Gasteiger partial charge in [-0.15, -0.1) is 0 Å². The molecule has 0 saturated carbocycles. The van der Waals surface area contributed by atoms with Gasteiger partial charge in [0.2, 0.25) is 0 Å². The van der Waals surface area contributed by atoms with Gasteiger partial charge in [-0.3, -0.25) is 10.1 Å². The van der Waals surface area contributed by atoms with E-state index in [4.69, 9.17) is 0 Å². The van der Waals surface area contributed by atoms with E-state index in [2.05, 4.69) is 10.6 Å². The summed E-state index contributed by atoms with van der Waals surface area (Å²) in [7, 11) is 0. The molecule has 0 aliphatic carbocycles. The maximum absolute atomic E-state index is 13.0. The van der Waals surface area contributed by atoms with Gasteiger partial charge in [0.25, 0.3) is 5.69 Å². The zero-order valence-electron chi connectivity index (χ0n) is 11.3. The van der Waals surface area contributed by atoms with Crippen molar-refractivity contribution >= 4 is 23.5 Å². The highest BCUT2D eigenvalue weighted by molar-refractivity contribution is 5.92. The summed E-state index contributed by atoms with van der Waals surface area (Å²) in [4.78, 5) is 21.9. The second-order valence-electron chi connectivity index (χ2n) is 4.26. The fourth-order valence-electron chi connectivity index (χ4n) is 1.72. The van der Waals surface area contributed by atoms with Crippen LogP contribution in [0.5, 0.6) is 0 Å². The number of hydrogen-bond acceptors (Lipinski definition) is 3. The van der Waals surface area contributed by atoms with Crippen molar-refractivity contribution in [3.05, 3.63) is 76.2 Å². The third-order valence-electron chi connectivity index (χ3n) is 2.69. The monoisotopic (exact) mass is 301 g/mol. The van der Waals surface area contributed by atoms with Crippen LogP contribution in [0.1, 0.15) is 5.56 Å². The van der Waals surface area contributed by atoms with Crippen LogP contribution in [0.3, 0.4) is 0 Å². The SMILES string of the molecule is O=C(N/C=C/c1cccc(F)c1)Nc1ccccc1[N+](=O)[O-]. The molecule has 6 nitrogen and oxygen atoms in total. The lowest BCUT2D eigenvalue weighted by Crippen LogP contribution is -2.24. The number of nitro groups is 1. The molecule has 112 valence electrons. The van der Waals surface area contributed by atoms with Crippen molar-refractivity contribution in [2.45, 2.75) is 0 Å². The molecule has 22 heavy (non-hydrogen) atoms. The minimum atomic E-state index is -0.637. The molecular formula is C15H12FN3O3. The maximum atomic E-state index is 13.0. The maximum Gasteiger partial charge on any atom is 0.323 e. The minimum Gasteiger partial charge on any atom is -0.314 e. The summed E-state index contributed by atoms with van der Waals surface area (Å²) < 4.78 is 13.0. The number of benzene rings is 2. The third kappa shape index (κ3) is 4.14. The third-order valence-corrected chi connectivity index (χ3v) is 2.69. The lowest BCUT2D eigenvalue weighted by molar-refractivity contribution is -0.383. The van der Waals surface area contributed by atoms with Crippen LogP contribution >= 0.6 is 0 Å². The number of halogens is 1. The van der Waals surface area contributed by atoms with Crippen LogP contribution in [0.2, 0.25) is 0 Å². The fourth-order valence-corrected chi connectivity index (χ4v) is 1.72. The number of amides is 2. The molecule has 0 aliphatic rings. The molecule has 0 aromatic heterocycles. The van der Waals surface area contributed by atoms with Crippen LogP contribution in [0, 0.1) is 15.9 Å². The Hall–Kier alpha value is -3.22. The molecule has 0 saturated heterocycles. The predicted molar refractivity (Wildman–Crippen MR) is 80.7 cm³/mol. The van der Waals surface area contributed by atoms with Gasteiger partial charge in [0.05, 0.1) is 4.92 Å². The topological polar surface area (TPSA) is 84.3 Å². The van der Waals surface area contributed by atoms with Crippen molar-refractivity contribution in [1.82, 2.24) is 5.32 Å². The summed E-state index contributed by atoms with van der Waals surface area (Å²) in [6.45, 7) is 0. The Labute approximate surface area is 125 Å². The lowest BCUT2D eigenvalue weighted by atomic mass is 10.2. The van der Waals surface area contributed by atoms with Gasteiger partial charge in [-0.25, -0.2) is 9.18 Å². The number of carbonyl (C=O) groups excluding carboxylic acids is 1. The fraction of sp³-hybridized carbons (Fsp3) is 0. The Bertz CT molecular complexity index is 731. The number of nitrogens with zero attached hydrogens (tertiary/aromatic N) is 1. The lowest BCUT2D eigenvalue weighted by Gasteiger charge is -2.05. The summed E-state index contributed by atoms with van der Waals surface area (Å²) in [5.74, 6) is -0.383. The minimum absolute atomic E-state index is 0.0872. The van der Waals surface area contributed by atoms with Crippen LogP contribution in [0.25, 0.3) is 6.08 Å². The standard InChI is InChI=1S/C15H12FN3O3/c16-12-5-3-4-11(10-12)8-9-17-15(20)18-13-6-1-2-7-14(13)19(21)22/h1-10H,(H2,17,18,20)/b9-8+. The average molecular weight is 301 g/mol. The molecule has 2 aromatic carbocycles. The van der Waals surface area contributed by atoms with Gasteiger partial charge in [-0.2, -0.15) is 0 Å². The molecule has 2 amide bonds. The van der Waals surface area contributed by atoms with Crippen molar-refractivity contribution in [3.8, 4) is 0 Å². The summed E-state index contributed by atoms with van der Waals surface area (Å²) >= 11 is 0. The van der Waals surface area contributed by atoms with Crippen LogP contribution < -0.4 is 10.6 Å². The Morgan fingerprint density at radius 2 is 1.95 bits per heavy atom. The number of anilines is 1. The van der Waals surface area contributed by atoms with E-state index in [1.807, 2.05) is 0 Å². The van der Waals surface area contributed by atoms with Crippen LogP contribution in [-0.2, 0) is 0 Å². The van der Waals surface area contributed by atoms with Crippen molar-refractivity contribution in [2.75, 3.05) is 5.32 Å². The molecule has 2 aromatic rings. The molecule has 2 N–H and O–H groups in total. The van der Waals surface area contributed by atoms with E-state index in [0.717, 1.165) is 0 Å². The highest BCUT2D eigenvalue weighted by Crippen LogP contribution is 2.22. The smallest absolute Gasteiger partial charge is 0.314 e. The summed E-state index contributed by atoms with van der Waals surface area (Å²) in [5.41, 5.74) is 0.460. The van der Waals surface area contributed by atoms with Gasteiger partial charge in [0.15, 0.2) is 0 Å². The summed E-state index contributed by atoms with van der Waals surface area (Å²) in [6, 6.07) is 11.0. The first kappa shape index (κ1) is 15.2. The number of rotatable bonds is 4. The largest absolute Gasteiger partial charge is 0.323 e. The summed E-state index contributed by atoms with van der Waals surface area (Å²) in [6.07, 6.45) is 2.82. The number of nitro benzene ring substituents is 1. The van der Waals surface area contributed by atoms with E-state index in [1.54, 1.807) is 18.2 Å².